The van der Waals surface area contributed by atoms with Crippen LogP contribution in [-0.2, 0) is 17.8 Å². The number of carbonyl (C=O) groups excluding carboxylic acids is 1. The summed E-state index contributed by atoms with van der Waals surface area (Å²) in [7, 11) is 1.64. The summed E-state index contributed by atoms with van der Waals surface area (Å²) in [5, 5.41) is 0.681. The molecule has 2 aromatic carbocycles. The third-order valence-electron chi connectivity index (χ3n) is 4.72. The summed E-state index contributed by atoms with van der Waals surface area (Å²) in [4.78, 5) is 25.1. The predicted octanol–water partition coefficient (Wildman–Crippen LogP) is 5.20. The molecule has 30 heavy (non-hydrogen) atoms. The lowest BCUT2D eigenvalue weighted by atomic mass is 10.1. The summed E-state index contributed by atoms with van der Waals surface area (Å²) < 4.78 is 6.31. The zero-order valence-electron chi connectivity index (χ0n) is 16.7. The van der Waals surface area contributed by atoms with E-state index in [-0.39, 0.29) is 5.91 Å². The number of methoxy groups -OCH3 is 1. The molecule has 1 amide bonds. The van der Waals surface area contributed by atoms with Crippen molar-refractivity contribution in [2.75, 3.05) is 18.3 Å². The number of carbonyl (C=O) groups is 1. The van der Waals surface area contributed by atoms with Crippen LogP contribution in [0.3, 0.4) is 0 Å². The first-order valence-electron chi connectivity index (χ1n) is 9.43. The minimum Gasteiger partial charge on any atom is -0.497 e. The van der Waals surface area contributed by atoms with E-state index < -0.39 is 0 Å². The number of thioether (sulfide) groups is 1. The van der Waals surface area contributed by atoms with Crippen LogP contribution < -0.4 is 9.64 Å². The Morgan fingerprint density at radius 1 is 1.07 bits per heavy atom. The van der Waals surface area contributed by atoms with Gasteiger partial charge in [0.25, 0.3) is 0 Å². The maximum Gasteiger partial charge on any atom is 0.233 e. The van der Waals surface area contributed by atoms with Gasteiger partial charge in [-0.3, -0.25) is 14.7 Å². The van der Waals surface area contributed by atoms with Crippen LogP contribution in [0.4, 0.5) is 5.13 Å². The summed E-state index contributed by atoms with van der Waals surface area (Å²) in [6, 6.07) is 17.7. The van der Waals surface area contributed by atoms with Crippen LogP contribution in [0.25, 0.3) is 10.2 Å². The molecule has 0 saturated carbocycles. The maximum absolute atomic E-state index is 13.3. The van der Waals surface area contributed by atoms with Crippen molar-refractivity contribution in [1.29, 1.82) is 0 Å². The molecule has 0 N–H and O–H groups in total. The van der Waals surface area contributed by atoms with Gasteiger partial charge in [-0.1, -0.05) is 23.5 Å². The number of nitrogens with zero attached hydrogens (tertiary/aromatic N) is 3. The Kier molecular flexibility index (Phi) is 6.30. The average Bonchev–Trinajstić information content (AvgIpc) is 3.21. The van der Waals surface area contributed by atoms with E-state index in [1.807, 2.05) is 60.9 Å². The van der Waals surface area contributed by atoms with Crippen LogP contribution in [0.2, 0.25) is 0 Å². The fraction of sp³-hybridized carbons (Fsp3) is 0.174. The lowest BCUT2D eigenvalue weighted by Crippen LogP contribution is -2.31. The molecule has 152 valence electrons. The number of hydrogen-bond donors (Lipinski definition) is 0. The van der Waals surface area contributed by atoms with Crippen LogP contribution in [0.1, 0.15) is 11.1 Å². The molecule has 0 unspecified atom stereocenters. The number of pyridine rings is 1. The normalized spacial score (nSPS) is 10.9. The summed E-state index contributed by atoms with van der Waals surface area (Å²) in [5.74, 6) is 0.785. The third-order valence-corrected chi connectivity index (χ3v) is 6.51. The van der Waals surface area contributed by atoms with Crippen molar-refractivity contribution in [2.45, 2.75) is 17.9 Å². The molecule has 4 rings (SSSR count). The largest absolute Gasteiger partial charge is 0.497 e. The van der Waals surface area contributed by atoms with Gasteiger partial charge in [0.15, 0.2) is 5.13 Å². The van der Waals surface area contributed by atoms with Crippen LogP contribution >= 0.6 is 23.1 Å². The smallest absolute Gasteiger partial charge is 0.233 e. The first-order valence-corrected chi connectivity index (χ1v) is 11.5. The second kappa shape index (κ2) is 9.28. The van der Waals surface area contributed by atoms with Crippen molar-refractivity contribution in [1.82, 2.24) is 9.97 Å². The fourth-order valence-electron chi connectivity index (χ4n) is 3.08. The Labute approximate surface area is 183 Å². The topological polar surface area (TPSA) is 55.3 Å². The van der Waals surface area contributed by atoms with Gasteiger partial charge in [-0.25, -0.2) is 4.98 Å². The van der Waals surface area contributed by atoms with Crippen molar-refractivity contribution in [2.24, 2.45) is 0 Å². The van der Waals surface area contributed by atoms with E-state index in [9.17, 15) is 4.79 Å². The molecule has 7 heteroatoms. The molecule has 2 aromatic heterocycles. The first-order chi connectivity index (χ1) is 14.7. The van der Waals surface area contributed by atoms with Gasteiger partial charge in [0, 0.05) is 17.3 Å². The molecule has 0 fully saturated rings. The molecular formula is C23H21N3O2S2. The molecule has 0 bridgehead atoms. The zero-order chi connectivity index (χ0) is 20.9. The van der Waals surface area contributed by atoms with Crippen molar-refractivity contribution in [3.63, 3.8) is 0 Å². The van der Waals surface area contributed by atoms with E-state index in [4.69, 9.17) is 9.72 Å². The zero-order valence-corrected chi connectivity index (χ0v) is 18.4. The van der Waals surface area contributed by atoms with Crippen LogP contribution in [0, 0.1) is 0 Å². The van der Waals surface area contributed by atoms with Gasteiger partial charge < -0.3 is 4.74 Å². The highest BCUT2D eigenvalue weighted by atomic mass is 32.2. The number of anilines is 1. The number of aromatic nitrogens is 2. The second-order valence-electron chi connectivity index (χ2n) is 6.69. The Hall–Kier alpha value is -2.90. The van der Waals surface area contributed by atoms with E-state index in [1.165, 1.54) is 16.2 Å². The molecule has 0 saturated heterocycles. The van der Waals surface area contributed by atoms with E-state index >= 15 is 0 Å². The molecular weight excluding hydrogens is 414 g/mol. The van der Waals surface area contributed by atoms with Crippen molar-refractivity contribution >= 4 is 44.4 Å². The summed E-state index contributed by atoms with van der Waals surface area (Å²) >= 11 is 3.18. The van der Waals surface area contributed by atoms with Gasteiger partial charge in [-0.2, -0.15) is 0 Å². The summed E-state index contributed by atoms with van der Waals surface area (Å²) in [6.45, 7) is 0.446. The van der Waals surface area contributed by atoms with Gasteiger partial charge >= 0.3 is 0 Å². The predicted molar refractivity (Wildman–Crippen MR) is 124 cm³/mol. The summed E-state index contributed by atoms with van der Waals surface area (Å²) in [6.07, 6.45) is 5.84. The highest BCUT2D eigenvalue weighted by Crippen LogP contribution is 2.32. The molecule has 0 atom stereocenters. The Bertz CT molecular complexity index is 1140. The maximum atomic E-state index is 13.3. The van der Waals surface area contributed by atoms with E-state index in [2.05, 4.69) is 4.98 Å². The van der Waals surface area contributed by atoms with E-state index in [0.29, 0.717) is 18.1 Å². The SMILES string of the molecule is COc1ccc2nc(N(Cc3ccncc3)C(=O)Cc3ccc(SC)cc3)sc2c1. The van der Waals surface area contributed by atoms with E-state index in [1.54, 1.807) is 36.2 Å². The molecule has 0 radical (unpaired) electrons. The first kappa shape index (κ1) is 20.4. The molecule has 0 spiro atoms. The molecule has 5 nitrogen and oxygen atoms in total. The standard InChI is InChI=1S/C23H21N3O2S2/c1-28-18-5-8-20-21(14-18)30-23(25-20)26(15-17-9-11-24-12-10-17)22(27)13-16-3-6-19(29-2)7-4-16/h3-12,14H,13,15H2,1-2H3. The van der Waals surface area contributed by atoms with Crippen LogP contribution in [0.5, 0.6) is 5.75 Å². The van der Waals surface area contributed by atoms with Gasteiger partial charge in [0.05, 0.1) is 30.3 Å². The number of benzene rings is 2. The molecule has 0 aliphatic heterocycles. The van der Waals surface area contributed by atoms with Crippen molar-refractivity contribution in [3.05, 3.63) is 78.1 Å². The summed E-state index contributed by atoms with van der Waals surface area (Å²) in [5.41, 5.74) is 2.85. The Balaban J connectivity index is 1.65. The molecule has 0 aliphatic carbocycles. The van der Waals surface area contributed by atoms with Crippen LogP contribution in [-0.4, -0.2) is 29.2 Å². The Morgan fingerprint density at radius 3 is 2.53 bits per heavy atom. The number of amides is 1. The molecule has 2 heterocycles. The third kappa shape index (κ3) is 4.63. The quantitative estimate of drug-likeness (QED) is 0.374. The monoisotopic (exact) mass is 435 g/mol. The minimum absolute atomic E-state index is 0.00901. The van der Waals surface area contributed by atoms with Gasteiger partial charge in [-0.05, 0) is 59.8 Å². The van der Waals surface area contributed by atoms with E-state index in [0.717, 1.165) is 27.1 Å². The highest BCUT2D eigenvalue weighted by molar-refractivity contribution is 7.98. The average molecular weight is 436 g/mol. The number of ether oxygens (including phenoxy) is 1. The number of hydrogen-bond acceptors (Lipinski definition) is 6. The minimum atomic E-state index is 0.00901. The molecule has 4 aromatic rings. The number of rotatable bonds is 7. The number of thiazole rings is 1. The second-order valence-corrected chi connectivity index (χ2v) is 8.58. The van der Waals surface area contributed by atoms with Gasteiger partial charge in [0.1, 0.15) is 5.75 Å². The highest BCUT2D eigenvalue weighted by Gasteiger charge is 2.21. The Morgan fingerprint density at radius 2 is 1.83 bits per heavy atom. The van der Waals surface area contributed by atoms with Crippen molar-refractivity contribution < 1.29 is 9.53 Å². The number of fused-ring (bicyclic) bond motifs is 1. The van der Waals surface area contributed by atoms with Gasteiger partial charge in [0.2, 0.25) is 5.91 Å². The van der Waals surface area contributed by atoms with Crippen molar-refractivity contribution in [3.8, 4) is 5.75 Å². The fourth-order valence-corrected chi connectivity index (χ4v) is 4.50. The van der Waals surface area contributed by atoms with Gasteiger partial charge in [-0.15, -0.1) is 11.8 Å². The lowest BCUT2D eigenvalue weighted by molar-refractivity contribution is -0.118. The van der Waals surface area contributed by atoms with Crippen LogP contribution in [0.15, 0.2) is 71.9 Å². The lowest BCUT2D eigenvalue weighted by Gasteiger charge is -2.20. The molecule has 0 aliphatic rings.